The molecule has 8 heteroatoms. The summed E-state index contributed by atoms with van der Waals surface area (Å²) in [4.78, 5) is 2.60. The molecule has 0 bridgehead atoms. The Balaban J connectivity index is 1.79. The van der Waals surface area contributed by atoms with Crippen LogP contribution in [-0.4, -0.2) is 69.3 Å². The van der Waals surface area contributed by atoms with Crippen LogP contribution in [0.2, 0.25) is 0 Å². The maximum absolute atomic E-state index is 11.9. The van der Waals surface area contributed by atoms with Crippen LogP contribution in [0.25, 0.3) is 0 Å². The zero-order chi connectivity index (χ0) is 15.6. The Bertz CT molecular complexity index is 595. The molecule has 2 fully saturated rings. The minimum Gasteiger partial charge on any atom is -0.381 e. The Morgan fingerprint density at radius 2 is 2.09 bits per heavy atom. The summed E-state index contributed by atoms with van der Waals surface area (Å²) in [7, 11) is -3.29. The molecule has 7 nitrogen and oxygen atoms in total. The highest BCUT2D eigenvalue weighted by molar-refractivity contribution is 7.90. The molecule has 22 heavy (non-hydrogen) atoms. The van der Waals surface area contributed by atoms with E-state index < -0.39 is 9.84 Å². The average molecular weight is 329 g/mol. The summed E-state index contributed by atoms with van der Waals surface area (Å²) in [5.41, 5.74) is 0.647. The van der Waals surface area contributed by atoms with Gasteiger partial charge in [-0.15, -0.1) is 0 Å². The van der Waals surface area contributed by atoms with Gasteiger partial charge in [0.1, 0.15) is 4.90 Å². The molecule has 2 aliphatic rings. The summed E-state index contributed by atoms with van der Waals surface area (Å²) in [5.74, 6) is 0.596. The maximum atomic E-state index is 11.9. The molecule has 124 valence electrons. The number of morpholine rings is 1. The number of hydrogen-bond donors (Lipinski definition) is 1. The standard InChI is InChI=1S/C14H23N3O4S/c1-22(18,19)13-8-15-16-14(13)12-10-21-7-4-17(12)9-11-2-5-20-6-3-11/h8,11-12H,2-7,9-10H2,1H3,(H,15,16)/t12-/m0/s1. The van der Waals surface area contributed by atoms with Gasteiger partial charge in [-0.25, -0.2) is 8.42 Å². The number of ether oxygens (including phenoxy) is 2. The Labute approximate surface area is 130 Å². The molecular formula is C14H23N3O4S. The molecule has 0 radical (unpaired) electrons. The number of aromatic nitrogens is 2. The van der Waals surface area contributed by atoms with Gasteiger partial charge in [0.15, 0.2) is 9.84 Å². The molecule has 3 rings (SSSR count). The van der Waals surface area contributed by atoms with Gasteiger partial charge in [-0.3, -0.25) is 10.00 Å². The van der Waals surface area contributed by atoms with Crippen LogP contribution in [0, 0.1) is 5.92 Å². The Kier molecular flexibility index (Phi) is 4.82. The van der Waals surface area contributed by atoms with Crippen LogP contribution in [0.4, 0.5) is 0 Å². The predicted molar refractivity (Wildman–Crippen MR) is 80.4 cm³/mol. The zero-order valence-corrected chi connectivity index (χ0v) is 13.6. The highest BCUT2D eigenvalue weighted by Gasteiger charge is 2.32. The van der Waals surface area contributed by atoms with E-state index in [0.717, 1.165) is 39.1 Å². The lowest BCUT2D eigenvalue weighted by Gasteiger charge is -2.38. The second-order valence-electron chi connectivity index (χ2n) is 6.06. The number of aromatic amines is 1. The van der Waals surface area contributed by atoms with Crippen LogP contribution < -0.4 is 0 Å². The molecule has 0 unspecified atom stereocenters. The monoisotopic (exact) mass is 329 g/mol. The average Bonchev–Trinajstić information content (AvgIpc) is 2.98. The van der Waals surface area contributed by atoms with Crippen molar-refractivity contribution in [1.82, 2.24) is 15.1 Å². The van der Waals surface area contributed by atoms with Crippen molar-refractivity contribution in [3.63, 3.8) is 0 Å². The normalized spacial score (nSPS) is 25.4. The molecule has 0 amide bonds. The van der Waals surface area contributed by atoms with E-state index in [-0.39, 0.29) is 10.9 Å². The van der Waals surface area contributed by atoms with Crippen molar-refractivity contribution >= 4 is 9.84 Å². The molecule has 0 aromatic carbocycles. The van der Waals surface area contributed by atoms with Gasteiger partial charge in [-0.05, 0) is 18.8 Å². The van der Waals surface area contributed by atoms with Gasteiger partial charge in [0.05, 0.1) is 31.1 Å². The van der Waals surface area contributed by atoms with Crippen LogP contribution in [0.15, 0.2) is 11.1 Å². The smallest absolute Gasteiger partial charge is 0.178 e. The first-order valence-electron chi connectivity index (χ1n) is 7.68. The molecule has 1 aromatic rings. The van der Waals surface area contributed by atoms with Crippen LogP contribution in [-0.2, 0) is 19.3 Å². The maximum Gasteiger partial charge on any atom is 0.178 e. The fourth-order valence-corrected chi connectivity index (χ4v) is 4.03. The summed E-state index contributed by atoms with van der Waals surface area (Å²) < 4.78 is 34.8. The van der Waals surface area contributed by atoms with Crippen LogP contribution in [0.1, 0.15) is 24.6 Å². The van der Waals surface area contributed by atoms with E-state index >= 15 is 0 Å². The van der Waals surface area contributed by atoms with E-state index in [2.05, 4.69) is 15.1 Å². The Hall–Kier alpha value is -0.960. The first-order chi connectivity index (χ1) is 10.6. The van der Waals surface area contributed by atoms with Crippen LogP contribution in [0.3, 0.4) is 0 Å². The van der Waals surface area contributed by atoms with Crippen molar-refractivity contribution < 1.29 is 17.9 Å². The number of sulfone groups is 1. The molecule has 1 N–H and O–H groups in total. The minimum absolute atomic E-state index is 0.0798. The van der Waals surface area contributed by atoms with Crippen molar-refractivity contribution in [2.24, 2.45) is 5.92 Å². The van der Waals surface area contributed by atoms with Crippen molar-refractivity contribution in [3.05, 3.63) is 11.9 Å². The highest BCUT2D eigenvalue weighted by Crippen LogP contribution is 2.29. The predicted octanol–water partition coefficient (Wildman–Crippen LogP) is 0.613. The molecular weight excluding hydrogens is 306 g/mol. The third-order valence-electron chi connectivity index (χ3n) is 4.44. The van der Waals surface area contributed by atoms with E-state index in [1.165, 1.54) is 12.5 Å². The fraction of sp³-hybridized carbons (Fsp3) is 0.786. The number of nitrogens with zero attached hydrogens (tertiary/aromatic N) is 2. The van der Waals surface area contributed by atoms with E-state index in [4.69, 9.17) is 9.47 Å². The molecule has 1 atom stereocenters. The summed E-state index contributed by atoms with van der Waals surface area (Å²) in [6.45, 7) is 4.57. The van der Waals surface area contributed by atoms with Gasteiger partial charge in [0.25, 0.3) is 0 Å². The summed E-state index contributed by atoms with van der Waals surface area (Å²) in [6.07, 6.45) is 4.73. The molecule has 0 saturated carbocycles. The molecule has 1 aromatic heterocycles. The largest absolute Gasteiger partial charge is 0.381 e. The number of H-pyrrole nitrogens is 1. The van der Waals surface area contributed by atoms with Gasteiger partial charge in [0, 0.05) is 32.6 Å². The van der Waals surface area contributed by atoms with Gasteiger partial charge >= 0.3 is 0 Å². The van der Waals surface area contributed by atoms with Gasteiger partial charge in [-0.2, -0.15) is 5.10 Å². The Morgan fingerprint density at radius 3 is 2.82 bits per heavy atom. The van der Waals surface area contributed by atoms with Crippen molar-refractivity contribution in [1.29, 1.82) is 0 Å². The molecule has 0 spiro atoms. The first-order valence-corrected chi connectivity index (χ1v) is 9.57. The second kappa shape index (κ2) is 6.66. The van der Waals surface area contributed by atoms with Crippen LogP contribution >= 0.6 is 0 Å². The Morgan fingerprint density at radius 1 is 1.32 bits per heavy atom. The summed E-state index contributed by atoms with van der Waals surface area (Å²) in [5, 5.41) is 6.81. The van der Waals surface area contributed by atoms with Gasteiger partial charge < -0.3 is 9.47 Å². The van der Waals surface area contributed by atoms with E-state index in [1.54, 1.807) is 0 Å². The van der Waals surface area contributed by atoms with Crippen LogP contribution in [0.5, 0.6) is 0 Å². The summed E-state index contributed by atoms with van der Waals surface area (Å²) >= 11 is 0. The lowest BCUT2D eigenvalue weighted by molar-refractivity contribution is -0.0289. The number of nitrogens with one attached hydrogen (secondary N) is 1. The first kappa shape index (κ1) is 15.9. The number of rotatable bonds is 4. The third-order valence-corrected chi connectivity index (χ3v) is 5.56. The zero-order valence-electron chi connectivity index (χ0n) is 12.8. The van der Waals surface area contributed by atoms with Gasteiger partial charge in [0.2, 0.25) is 0 Å². The third kappa shape index (κ3) is 3.51. The van der Waals surface area contributed by atoms with Gasteiger partial charge in [-0.1, -0.05) is 0 Å². The molecule has 3 heterocycles. The highest BCUT2D eigenvalue weighted by atomic mass is 32.2. The van der Waals surface area contributed by atoms with E-state index in [9.17, 15) is 8.42 Å². The minimum atomic E-state index is -3.29. The lowest BCUT2D eigenvalue weighted by atomic mass is 9.98. The molecule has 2 aliphatic heterocycles. The lowest BCUT2D eigenvalue weighted by Crippen LogP contribution is -2.43. The SMILES string of the molecule is CS(=O)(=O)c1cn[nH]c1[C@@H]1COCCN1CC1CCOCC1. The van der Waals surface area contributed by atoms with Crippen molar-refractivity contribution in [2.75, 3.05) is 45.8 Å². The van der Waals surface area contributed by atoms with Crippen molar-refractivity contribution in [3.8, 4) is 0 Å². The second-order valence-corrected chi connectivity index (χ2v) is 8.05. The number of hydrogen-bond acceptors (Lipinski definition) is 6. The molecule has 0 aliphatic carbocycles. The van der Waals surface area contributed by atoms with E-state index in [1.807, 2.05) is 0 Å². The quantitative estimate of drug-likeness (QED) is 0.871. The molecule has 2 saturated heterocycles. The van der Waals surface area contributed by atoms with E-state index in [0.29, 0.717) is 24.8 Å². The topological polar surface area (TPSA) is 84.5 Å². The van der Waals surface area contributed by atoms with Crippen molar-refractivity contribution in [2.45, 2.75) is 23.8 Å². The summed E-state index contributed by atoms with van der Waals surface area (Å²) in [6, 6.07) is -0.0798. The fourth-order valence-electron chi connectivity index (χ4n) is 3.20.